The van der Waals surface area contributed by atoms with Crippen molar-refractivity contribution in [3.63, 3.8) is 0 Å². The SMILES string of the molecule is CC(C)c1ccccc1NC(=O)CN(CCN)Cc1ccccc1. The van der Waals surface area contributed by atoms with E-state index in [2.05, 4.69) is 42.3 Å². The number of rotatable bonds is 8. The number of benzene rings is 2. The highest BCUT2D eigenvalue weighted by Crippen LogP contribution is 2.23. The number of carbonyl (C=O) groups excluding carboxylic acids is 1. The maximum atomic E-state index is 12.5. The second-order valence-electron chi connectivity index (χ2n) is 6.28. The van der Waals surface area contributed by atoms with Crippen LogP contribution in [0.25, 0.3) is 0 Å². The first kappa shape index (κ1) is 18.2. The molecule has 0 heterocycles. The molecule has 0 aliphatic carbocycles. The summed E-state index contributed by atoms with van der Waals surface area (Å²) in [7, 11) is 0. The summed E-state index contributed by atoms with van der Waals surface area (Å²) >= 11 is 0. The second kappa shape index (κ2) is 9.21. The van der Waals surface area contributed by atoms with E-state index in [-0.39, 0.29) is 5.91 Å². The van der Waals surface area contributed by atoms with E-state index in [4.69, 9.17) is 5.73 Å². The Morgan fingerprint density at radius 1 is 1.08 bits per heavy atom. The fourth-order valence-corrected chi connectivity index (χ4v) is 2.75. The van der Waals surface area contributed by atoms with Gasteiger partial charge in [0.15, 0.2) is 0 Å². The highest BCUT2D eigenvalue weighted by molar-refractivity contribution is 5.93. The number of hydrogen-bond donors (Lipinski definition) is 2. The third kappa shape index (κ3) is 5.48. The maximum Gasteiger partial charge on any atom is 0.238 e. The van der Waals surface area contributed by atoms with Gasteiger partial charge in [-0.1, -0.05) is 62.4 Å². The molecule has 2 rings (SSSR count). The third-order valence-corrected chi connectivity index (χ3v) is 3.92. The molecule has 1 amide bonds. The molecule has 0 fully saturated rings. The monoisotopic (exact) mass is 325 g/mol. The smallest absolute Gasteiger partial charge is 0.238 e. The summed E-state index contributed by atoms with van der Waals surface area (Å²) < 4.78 is 0. The highest BCUT2D eigenvalue weighted by atomic mass is 16.2. The van der Waals surface area contributed by atoms with Crippen molar-refractivity contribution in [2.75, 3.05) is 25.0 Å². The molecule has 0 spiro atoms. The second-order valence-corrected chi connectivity index (χ2v) is 6.28. The van der Waals surface area contributed by atoms with Crippen LogP contribution < -0.4 is 11.1 Å². The number of nitrogens with two attached hydrogens (primary N) is 1. The predicted octanol–water partition coefficient (Wildman–Crippen LogP) is 3.21. The summed E-state index contributed by atoms with van der Waals surface area (Å²) in [5.41, 5.74) is 8.93. The van der Waals surface area contributed by atoms with Crippen LogP contribution in [0.1, 0.15) is 30.9 Å². The van der Waals surface area contributed by atoms with Gasteiger partial charge < -0.3 is 11.1 Å². The molecule has 4 heteroatoms. The molecule has 0 saturated heterocycles. The molecule has 2 aromatic rings. The zero-order chi connectivity index (χ0) is 17.4. The molecule has 0 aliphatic rings. The van der Waals surface area contributed by atoms with Crippen LogP contribution in [0.4, 0.5) is 5.69 Å². The van der Waals surface area contributed by atoms with E-state index in [9.17, 15) is 4.79 Å². The topological polar surface area (TPSA) is 58.4 Å². The summed E-state index contributed by atoms with van der Waals surface area (Å²) in [6, 6.07) is 18.1. The van der Waals surface area contributed by atoms with E-state index in [0.717, 1.165) is 17.8 Å². The van der Waals surface area contributed by atoms with Crippen LogP contribution in [0.5, 0.6) is 0 Å². The standard InChI is InChI=1S/C20H27N3O/c1-16(2)18-10-6-7-11-19(18)22-20(24)15-23(13-12-21)14-17-8-4-3-5-9-17/h3-11,16H,12-15,21H2,1-2H3,(H,22,24). The van der Waals surface area contributed by atoms with Crippen molar-refractivity contribution >= 4 is 11.6 Å². The Morgan fingerprint density at radius 3 is 2.42 bits per heavy atom. The summed E-state index contributed by atoms with van der Waals surface area (Å²) in [6.45, 7) is 6.52. The van der Waals surface area contributed by atoms with Gasteiger partial charge in [0, 0.05) is 25.3 Å². The average Bonchev–Trinajstić information content (AvgIpc) is 2.56. The van der Waals surface area contributed by atoms with Gasteiger partial charge in [-0.05, 0) is 23.1 Å². The number of anilines is 1. The molecule has 0 unspecified atom stereocenters. The van der Waals surface area contributed by atoms with Gasteiger partial charge in [-0.25, -0.2) is 0 Å². The van der Waals surface area contributed by atoms with Crippen molar-refractivity contribution in [1.29, 1.82) is 0 Å². The molecule has 3 N–H and O–H groups in total. The molecule has 2 aromatic carbocycles. The Kier molecular flexibility index (Phi) is 6.97. The summed E-state index contributed by atoms with van der Waals surface area (Å²) in [6.07, 6.45) is 0. The quantitative estimate of drug-likeness (QED) is 0.783. The predicted molar refractivity (Wildman–Crippen MR) is 99.9 cm³/mol. The van der Waals surface area contributed by atoms with Crippen LogP contribution in [-0.2, 0) is 11.3 Å². The molecule has 0 saturated carbocycles. The van der Waals surface area contributed by atoms with Crippen molar-refractivity contribution in [3.8, 4) is 0 Å². The summed E-state index contributed by atoms with van der Waals surface area (Å²) in [4.78, 5) is 14.5. The molecule has 0 bridgehead atoms. The van der Waals surface area contributed by atoms with Gasteiger partial charge in [0.05, 0.1) is 6.54 Å². The molecule has 4 nitrogen and oxygen atoms in total. The minimum Gasteiger partial charge on any atom is -0.329 e. The number of hydrogen-bond acceptors (Lipinski definition) is 3. The molecule has 0 radical (unpaired) electrons. The molecular formula is C20H27N3O. The number of nitrogens with zero attached hydrogens (tertiary/aromatic N) is 1. The number of carbonyl (C=O) groups is 1. The van der Waals surface area contributed by atoms with Crippen molar-refractivity contribution in [2.24, 2.45) is 5.73 Å². The fourth-order valence-electron chi connectivity index (χ4n) is 2.75. The van der Waals surface area contributed by atoms with Gasteiger partial charge in [0.1, 0.15) is 0 Å². The minimum absolute atomic E-state index is 0.00696. The highest BCUT2D eigenvalue weighted by Gasteiger charge is 2.13. The lowest BCUT2D eigenvalue weighted by molar-refractivity contribution is -0.117. The molecule has 128 valence electrons. The van der Waals surface area contributed by atoms with Gasteiger partial charge in [-0.3, -0.25) is 9.69 Å². The Bertz CT molecular complexity index is 640. The van der Waals surface area contributed by atoms with Gasteiger partial charge in [-0.15, -0.1) is 0 Å². The maximum absolute atomic E-state index is 12.5. The zero-order valence-electron chi connectivity index (χ0n) is 14.5. The number of nitrogens with one attached hydrogen (secondary N) is 1. The van der Waals surface area contributed by atoms with Gasteiger partial charge in [-0.2, -0.15) is 0 Å². The van der Waals surface area contributed by atoms with E-state index in [0.29, 0.717) is 25.6 Å². The third-order valence-electron chi connectivity index (χ3n) is 3.92. The van der Waals surface area contributed by atoms with Crippen LogP contribution >= 0.6 is 0 Å². The zero-order valence-corrected chi connectivity index (χ0v) is 14.5. The van der Waals surface area contributed by atoms with Crippen LogP contribution in [0.3, 0.4) is 0 Å². The van der Waals surface area contributed by atoms with Gasteiger partial charge in [0.25, 0.3) is 0 Å². The van der Waals surface area contributed by atoms with Crippen LogP contribution in [0.15, 0.2) is 54.6 Å². The minimum atomic E-state index is -0.00696. The fraction of sp³-hybridized carbons (Fsp3) is 0.350. The first-order valence-electron chi connectivity index (χ1n) is 8.45. The average molecular weight is 325 g/mol. The molecule has 0 aromatic heterocycles. The Balaban J connectivity index is 2.00. The first-order chi connectivity index (χ1) is 11.6. The number of para-hydroxylation sites is 1. The van der Waals surface area contributed by atoms with Crippen LogP contribution in [0, 0.1) is 0 Å². The summed E-state index contributed by atoms with van der Waals surface area (Å²) in [5, 5.41) is 3.05. The van der Waals surface area contributed by atoms with E-state index >= 15 is 0 Å². The van der Waals surface area contributed by atoms with E-state index < -0.39 is 0 Å². The van der Waals surface area contributed by atoms with E-state index in [1.54, 1.807) is 0 Å². The van der Waals surface area contributed by atoms with Gasteiger partial charge in [0.2, 0.25) is 5.91 Å². The molecular weight excluding hydrogens is 298 g/mol. The van der Waals surface area contributed by atoms with Gasteiger partial charge >= 0.3 is 0 Å². The lowest BCUT2D eigenvalue weighted by Gasteiger charge is -2.22. The first-order valence-corrected chi connectivity index (χ1v) is 8.45. The Morgan fingerprint density at radius 2 is 1.75 bits per heavy atom. The summed E-state index contributed by atoms with van der Waals surface area (Å²) in [5.74, 6) is 0.360. The lowest BCUT2D eigenvalue weighted by Crippen LogP contribution is -2.36. The lowest BCUT2D eigenvalue weighted by atomic mass is 10.0. The van der Waals surface area contributed by atoms with Crippen molar-refractivity contribution in [1.82, 2.24) is 4.90 Å². The van der Waals surface area contributed by atoms with Crippen LogP contribution in [-0.4, -0.2) is 30.4 Å². The molecule has 0 aliphatic heterocycles. The van der Waals surface area contributed by atoms with Crippen molar-refractivity contribution < 1.29 is 4.79 Å². The normalized spacial score (nSPS) is 11.0. The van der Waals surface area contributed by atoms with E-state index in [1.165, 1.54) is 5.56 Å². The molecule has 24 heavy (non-hydrogen) atoms. The number of amides is 1. The Labute approximate surface area is 144 Å². The molecule has 0 atom stereocenters. The largest absolute Gasteiger partial charge is 0.329 e. The van der Waals surface area contributed by atoms with Crippen molar-refractivity contribution in [3.05, 3.63) is 65.7 Å². The van der Waals surface area contributed by atoms with Crippen LogP contribution in [0.2, 0.25) is 0 Å². The van der Waals surface area contributed by atoms with E-state index in [1.807, 2.05) is 36.4 Å². The van der Waals surface area contributed by atoms with Crippen molar-refractivity contribution in [2.45, 2.75) is 26.3 Å². The Hall–Kier alpha value is -2.17.